The molecule has 0 saturated heterocycles. The molecule has 3 aromatic rings. The van der Waals surface area contributed by atoms with Gasteiger partial charge in [-0.1, -0.05) is 0 Å². The zero-order valence-electron chi connectivity index (χ0n) is 19.0. The minimum Gasteiger partial charge on any atom is -0.462 e. The van der Waals surface area contributed by atoms with Gasteiger partial charge in [-0.2, -0.15) is 8.42 Å². The van der Waals surface area contributed by atoms with Gasteiger partial charge in [0.05, 0.1) is 22.1 Å². The van der Waals surface area contributed by atoms with E-state index in [1.807, 2.05) is 18.7 Å². The molecule has 184 valence electrons. The van der Waals surface area contributed by atoms with E-state index in [0.717, 1.165) is 28.7 Å². The van der Waals surface area contributed by atoms with Crippen molar-refractivity contribution in [3.05, 3.63) is 69.8 Å². The molecular weight excluding hydrogens is 499 g/mol. The summed E-state index contributed by atoms with van der Waals surface area (Å²) in [5.74, 6) is -0.720. The lowest BCUT2D eigenvalue weighted by molar-refractivity contribution is -0.380. The molecule has 1 aromatic heterocycles. The van der Waals surface area contributed by atoms with Crippen LogP contribution in [0.1, 0.15) is 29.8 Å². The zero-order valence-corrected chi connectivity index (χ0v) is 20.6. The topological polar surface area (TPSA) is 132 Å². The number of rotatable bonds is 9. The summed E-state index contributed by atoms with van der Waals surface area (Å²) in [5, 5.41) is 19.1. The van der Waals surface area contributed by atoms with Gasteiger partial charge in [-0.05, 0) is 80.1 Å². The smallest absolute Gasteiger partial charge is 0.341 e. The van der Waals surface area contributed by atoms with Crippen molar-refractivity contribution >= 4 is 54.6 Å². The lowest BCUT2D eigenvalue weighted by atomic mass is 10.1. The van der Waals surface area contributed by atoms with Gasteiger partial charge in [-0.15, -0.1) is 14.1 Å². The van der Waals surface area contributed by atoms with Crippen molar-refractivity contribution in [2.45, 2.75) is 25.7 Å². The molecule has 13 heteroatoms. The van der Waals surface area contributed by atoms with Crippen LogP contribution in [0, 0.1) is 17.0 Å². The van der Waals surface area contributed by atoms with Crippen LogP contribution in [0.4, 0.5) is 31.0 Å². The van der Waals surface area contributed by atoms with Gasteiger partial charge < -0.3 is 9.64 Å². The first kappa shape index (κ1) is 25.9. The molecule has 0 fully saturated rings. The SMILES string of the molecule is CCOC(=O)c1cc([N+](=O)[O-])sc1N=Nc1ccc(N(CC)c2ccc(S(=O)(=O)F)cc2)c(C)c1. The van der Waals surface area contributed by atoms with Gasteiger partial charge in [0.15, 0.2) is 5.00 Å². The van der Waals surface area contributed by atoms with E-state index in [9.17, 15) is 27.2 Å². The first-order chi connectivity index (χ1) is 16.5. The maximum atomic E-state index is 13.2. The molecule has 0 radical (unpaired) electrons. The van der Waals surface area contributed by atoms with Crippen molar-refractivity contribution in [2.75, 3.05) is 18.1 Å². The van der Waals surface area contributed by atoms with Gasteiger partial charge in [-0.25, -0.2) is 4.79 Å². The van der Waals surface area contributed by atoms with E-state index in [1.165, 1.54) is 24.3 Å². The van der Waals surface area contributed by atoms with Crippen LogP contribution in [0.5, 0.6) is 0 Å². The lowest BCUT2D eigenvalue weighted by Gasteiger charge is -2.25. The van der Waals surface area contributed by atoms with Crippen LogP contribution in [0.15, 0.2) is 63.7 Å². The van der Waals surface area contributed by atoms with Gasteiger partial charge in [0.1, 0.15) is 5.56 Å². The molecule has 0 aliphatic rings. The zero-order chi connectivity index (χ0) is 25.8. The van der Waals surface area contributed by atoms with E-state index in [0.29, 0.717) is 17.9 Å². The van der Waals surface area contributed by atoms with Gasteiger partial charge in [0, 0.05) is 24.0 Å². The third-order valence-corrected chi connectivity index (χ3v) is 6.65. The lowest BCUT2D eigenvalue weighted by Crippen LogP contribution is -2.17. The second-order valence-corrected chi connectivity index (χ2v) is 9.48. The van der Waals surface area contributed by atoms with Gasteiger partial charge in [0.2, 0.25) is 0 Å². The highest BCUT2D eigenvalue weighted by molar-refractivity contribution is 7.86. The average Bonchev–Trinajstić information content (AvgIpc) is 3.24. The maximum Gasteiger partial charge on any atom is 0.341 e. The number of benzene rings is 2. The number of ether oxygens (including phenoxy) is 1. The van der Waals surface area contributed by atoms with Gasteiger partial charge in [0.25, 0.3) is 0 Å². The third kappa shape index (κ3) is 6.05. The number of hydrogen-bond donors (Lipinski definition) is 0. The fourth-order valence-corrected chi connectivity index (χ4v) is 4.52. The largest absolute Gasteiger partial charge is 0.462 e. The fourth-order valence-electron chi connectivity index (χ4n) is 3.28. The van der Waals surface area contributed by atoms with E-state index >= 15 is 0 Å². The number of halogens is 1. The molecule has 2 aromatic carbocycles. The highest BCUT2D eigenvalue weighted by Crippen LogP contribution is 2.38. The predicted molar refractivity (Wildman–Crippen MR) is 130 cm³/mol. The summed E-state index contributed by atoms with van der Waals surface area (Å²) in [6.07, 6.45) is 0. The summed E-state index contributed by atoms with van der Waals surface area (Å²) in [6.45, 7) is 6.04. The van der Waals surface area contributed by atoms with Crippen LogP contribution in [-0.2, 0) is 15.0 Å². The van der Waals surface area contributed by atoms with Crippen molar-refractivity contribution in [1.29, 1.82) is 0 Å². The number of carbonyl (C=O) groups is 1. The van der Waals surface area contributed by atoms with E-state index < -0.39 is 26.0 Å². The summed E-state index contributed by atoms with van der Waals surface area (Å²) >= 11 is 0.719. The number of azo groups is 1. The molecule has 0 atom stereocenters. The van der Waals surface area contributed by atoms with Gasteiger partial charge in [-0.3, -0.25) is 10.1 Å². The monoisotopic (exact) mass is 520 g/mol. The Bertz CT molecular complexity index is 1390. The Balaban J connectivity index is 1.89. The molecule has 0 bridgehead atoms. The van der Waals surface area contributed by atoms with Crippen molar-refractivity contribution in [3.63, 3.8) is 0 Å². The first-order valence-corrected chi connectivity index (χ1v) is 12.5. The minimum absolute atomic E-state index is 0.0310. The van der Waals surface area contributed by atoms with E-state index in [2.05, 4.69) is 10.2 Å². The van der Waals surface area contributed by atoms with E-state index in [4.69, 9.17) is 4.74 Å². The first-order valence-electron chi connectivity index (χ1n) is 10.3. The Kier molecular flexibility index (Phi) is 7.92. The number of thiophene rings is 1. The summed E-state index contributed by atoms with van der Waals surface area (Å²) in [4.78, 5) is 24.1. The van der Waals surface area contributed by atoms with Crippen LogP contribution in [0.3, 0.4) is 0 Å². The number of aryl methyl sites for hydroxylation is 1. The number of nitrogens with zero attached hydrogens (tertiary/aromatic N) is 4. The van der Waals surface area contributed by atoms with Crippen LogP contribution < -0.4 is 4.90 Å². The highest BCUT2D eigenvalue weighted by Gasteiger charge is 2.23. The predicted octanol–water partition coefficient (Wildman–Crippen LogP) is 6.37. The molecule has 1 heterocycles. The molecule has 0 spiro atoms. The Morgan fingerprint density at radius 2 is 1.83 bits per heavy atom. The van der Waals surface area contributed by atoms with Crippen molar-refractivity contribution in [2.24, 2.45) is 10.2 Å². The summed E-state index contributed by atoms with van der Waals surface area (Å²) < 4.78 is 40.3. The maximum absolute atomic E-state index is 13.2. The molecule has 0 unspecified atom stereocenters. The number of anilines is 2. The third-order valence-electron chi connectivity index (χ3n) is 4.85. The Hall–Kier alpha value is -3.71. The summed E-state index contributed by atoms with van der Waals surface area (Å²) in [5.41, 5.74) is 2.71. The van der Waals surface area contributed by atoms with E-state index in [1.54, 1.807) is 25.1 Å². The molecule has 0 aliphatic carbocycles. The second kappa shape index (κ2) is 10.7. The molecule has 0 amide bonds. The van der Waals surface area contributed by atoms with Crippen LogP contribution in [0.2, 0.25) is 0 Å². The molecule has 35 heavy (non-hydrogen) atoms. The summed E-state index contributed by atoms with van der Waals surface area (Å²) in [6, 6.07) is 11.8. The number of esters is 1. The Morgan fingerprint density at radius 3 is 2.37 bits per heavy atom. The van der Waals surface area contributed by atoms with Crippen LogP contribution in [-0.4, -0.2) is 32.5 Å². The second-order valence-electron chi connectivity index (χ2n) is 7.13. The quantitative estimate of drug-likeness (QED) is 0.105. The summed E-state index contributed by atoms with van der Waals surface area (Å²) in [7, 11) is -4.78. The Morgan fingerprint density at radius 1 is 1.14 bits per heavy atom. The minimum atomic E-state index is -4.78. The number of hydrogen-bond acceptors (Lipinski definition) is 10. The number of carbonyl (C=O) groups excluding carboxylic acids is 1. The fraction of sp³-hybridized carbons (Fsp3) is 0.227. The van der Waals surface area contributed by atoms with E-state index in [-0.39, 0.29) is 22.2 Å². The molecule has 0 N–H and O–H groups in total. The van der Waals surface area contributed by atoms with Crippen LogP contribution in [0.25, 0.3) is 0 Å². The molecular formula is C22H21FN4O6S2. The molecule has 0 saturated carbocycles. The molecule has 0 aliphatic heterocycles. The van der Waals surface area contributed by atoms with Crippen molar-refractivity contribution in [3.8, 4) is 0 Å². The standard InChI is InChI=1S/C22H21FN4O6S2/c1-4-26(16-7-9-17(10-8-16)35(23,31)32)19-11-6-15(12-14(19)3)24-25-21-18(22(28)33-5-2)13-20(34-21)27(29)30/h6-13H,4-5H2,1-3H3. The molecule has 3 rings (SSSR count). The number of nitro groups is 1. The average molecular weight is 521 g/mol. The Labute approximate surface area is 205 Å². The van der Waals surface area contributed by atoms with Crippen molar-refractivity contribution in [1.82, 2.24) is 0 Å². The normalized spacial score (nSPS) is 11.5. The van der Waals surface area contributed by atoms with Crippen LogP contribution >= 0.6 is 11.3 Å². The molecule has 10 nitrogen and oxygen atoms in total. The van der Waals surface area contributed by atoms with Gasteiger partial charge >= 0.3 is 21.2 Å². The highest BCUT2D eigenvalue weighted by atomic mass is 32.3. The van der Waals surface area contributed by atoms with Crippen molar-refractivity contribution < 1.29 is 26.8 Å².